The molecule has 1 aromatic rings. The van der Waals surface area contributed by atoms with Crippen LogP contribution in [0.5, 0.6) is 0 Å². The van der Waals surface area contributed by atoms with Crippen LogP contribution in [0, 0.1) is 18.8 Å². The molecule has 0 aromatic carbocycles. The topological polar surface area (TPSA) is 172 Å². The summed E-state index contributed by atoms with van der Waals surface area (Å²) in [6.07, 6.45) is 5.59. The van der Waals surface area contributed by atoms with E-state index in [1.807, 2.05) is 33.8 Å². The summed E-state index contributed by atoms with van der Waals surface area (Å²) >= 11 is 0. The van der Waals surface area contributed by atoms with Gasteiger partial charge in [-0.15, -0.1) is 0 Å². The van der Waals surface area contributed by atoms with Gasteiger partial charge in [0.05, 0.1) is 11.8 Å². The average molecular weight is 609 g/mol. The van der Waals surface area contributed by atoms with E-state index in [-0.39, 0.29) is 36.6 Å². The van der Waals surface area contributed by atoms with Crippen LogP contribution in [-0.2, 0) is 32.2 Å². The van der Waals surface area contributed by atoms with Crippen molar-refractivity contribution < 1.29 is 34.7 Å². The Hall–Kier alpha value is -3.51. The van der Waals surface area contributed by atoms with Crippen molar-refractivity contribution in [3.05, 3.63) is 62.3 Å². The molecule has 238 valence electrons. The van der Waals surface area contributed by atoms with Crippen LogP contribution in [0.25, 0.3) is 6.08 Å². The highest BCUT2D eigenvalue weighted by atomic mass is 17.4. The van der Waals surface area contributed by atoms with Crippen molar-refractivity contribution in [1.29, 1.82) is 0 Å². The molecule has 1 spiro atoms. The molecule has 4 aliphatic rings. The number of carboxylic acid groups (broad SMARTS) is 1. The Morgan fingerprint density at radius 1 is 1.14 bits per heavy atom. The fraction of sp³-hybridized carbons (Fsp3) is 0.545. The largest absolute Gasteiger partial charge is 0.481 e. The molecule has 44 heavy (non-hydrogen) atoms. The smallest absolute Gasteiger partial charge is 0.311 e. The lowest BCUT2D eigenvalue weighted by atomic mass is 9.90. The van der Waals surface area contributed by atoms with Crippen LogP contribution in [0.2, 0.25) is 0 Å². The first kappa shape index (κ1) is 31.9. The van der Waals surface area contributed by atoms with E-state index in [1.54, 1.807) is 0 Å². The summed E-state index contributed by atoms with van der Waals surface area (Å²) in [5.74, 6) is -1.45. The summed E-state index contributed by atoms with van der Waals surface area (Å²) in [7, 11) is 0. The lowest BCUT2D eigenvalue weighted by Crippen LogP contribution is -2.29. The molecule has 1 aromatic heterocycles. The molecule has 5 rings (SSSR count). The van der Waals surface area contributed by atoms with Gasteiger partial charge in [-0.25, -0.2) is 4.99 Å². The number of aromatic nitrogens is 1. The maximum Gasteiger partial charge on any atom is 0.311 e. The van der Waals surface area contributed by atoms with Gasteiger partial charge in [0.2, 0.25) is 0 Å². The zero-order chi connectivity index (χ0) is 31.9. The molecule has 3 atom stereocenters. The predicted octanol–water partition coefficient (Wildman–Crippen LogP) is 4.08. The number of H-pyrrole nitrogens is 1. The summed E-state index contributed by atoms with van der Waals surface area (Å²) in [6.45, 7) is 12.1. The minimum atomic E-state index is -1.45. The number of amides is 1. The number of nitrogens with zero attached hydrogens (tertiary/aromatic N) is 1. The molecule has 1 unspecified atom stereocenters. The van der Waals surface area contributed by atoms with Gasteiger partial charge in [-0.1, -0.05) is 20.8 Å². The molecule has 6 N–H and O–H groups in total. The van der Waals surface area contributed by atoms with E-state index in [4.69, 9.17) is 9.78 Å². The van der Waals surface area contributed by atoms with Crippen molar-refractivity contribution in [2.45, 2.75) is 105 Å². The number of rotatable bonds is 12. The lowest BCUT2D eigenvalue weighted by molar-refractivity contribution is -0.137. The fourth-order valence-corrected chi connectivity index (χ4v) is 6.84. The van der Waals surface area contributed by atoms with Crippen molar-refractivity contribution in [2.24, 2.45) is 16.8 Å². The number of hydrogen-bond donors (Lipinski definition) is 6. The second kappa shape index (κ2) is 12.5. The van der Waals surface area contributed by atoms with Crippen LogP contribution in [0.4, 0.5) is 0 Å². The second-order valence-corrected chi connectivity index (χ2v) is 12.3. The van der Waals surface area contributed by atoms with E-state index in [2.05, 4.69) is 40.5 Å². The highest BCUT2D eigenvalue weighted by Crippen LogP contribution is 2.48. The maximum atomic E-state index is 12.4. The third kappa shape index (κ3) is 6.06. The summed E-state index contributed by atoms with van der Waals surface area (Å²) < 4.78 is 0. The van der Waals surface area contributed by atoms with E-state index in [1.165, 1.54) is 0 Å². The number of hydrogen-bond acceptors (Lipinski definition) is 8. The molecule has 0 aliphatic carbocycles. The van der Waals surface area contributed by atoms with Crippen molar-refractivity contribution in [3.63, 3.8) is 0 Å². The zero-order valence-electron chi connectivity index (χ0n) is 26.3. The van der Waals surface area contributed by atoms with Gasteiger partial charge in [-0.05, 0) is 86.5 Å². The van der Waals surface area contributed by atoms with E-state index in [9.17, 15) is 24.9 Å². The summed E-state index contributed by atoms with van der Waals surface area (Å²) in [5, 5.41) is 35.9. The molecule has 2 saturated heterocycles. The van der Waals surface area contributed by atoms with Gasteiger partial charge >= 0.3 is 11.9 Å². The Kier molecular flexibility index (Phi) is 9.04. The van der Waals surface area contributed by atoms with Gasteiger partial charge in [0.25, 0.3) is 5.91 Å². The van der Waals surface area contributed by atoms with Crippen molar-refractivity contribution in [1.82, 2.24) is 15.6 Å². The van der Waals surface area contributed by atoms with Gasteiger partial charge in [-0.3, -0.25) is 9.59 Å². The summed E-state index contributed by atoms with van der Waals surface area (Å²) in [4.78, 5) is 42.5. The van der Waals surface area contributed by atoms with Crippen LogP contribution in [0.15, 0.2) is 44.8 Å². The fourth-order valence-electron chi connectivity index (χ4n) is 6.84. The number of carbonyl (C=O) groups excluding carboxylic acids is 1. The molecule has 1 amide bonds. The Morgan fingerprint density at radius 2 is 1.86 bits per heavy atom. The Bertz CT molecular complexity index is 1510. The van der Waals surface area contributed by atoms with Gasteiger partial charge < -0.3 is 30.9 Å². The quantitative estimate of drug-likeness (QED) is 0.116. The van der Waals surface area contributed by atoms with Crippen LogP contribution >= 0.6 is 0 Å². The highest BCUT2D eigenvalue weighted by Gasteiger charge is 2.62. The molecule has 0 radical (unpaired) electrons. The van der Waals surface area contributed by atoms with Gasteiger partial charge in [0, 0.05) is 59.5 Å². The number of aliphatic hydroxyl groups is 2. The predicted molar refractivity (Wildman–Crippen MR) is 165 cm³/mol. The molecule has 5 heterocycles. The van der Waals surface area contributed by atoms with E-state index in [0.29, 0.717) is 25.7 Å². The Balaban J connectivity index is 1.51. The first-order chi connectivity index (χ1) is 20.9. The third-order valence-electron chi connectivity index (χ3n) is 9.67. The Labute approximate surface area is 257 Å². The van der Waals surface area contributed by atoms with E-state index in [0.717, 1.165) is 68.3 Å². The van der Waals surface area contributed by atoms with Crippen molar-refractivity contribution in [3.8, 4) is 0 Å². The van der Waals surface area contributed by atoms with Gasteiger partial charge in [0.15, 0.2) is 6.29 Å². The molecular weight excluding hydrogens is 564 g/mol. The monoisotopic (exact) mass is 608 g/mol. The van der Waals surface area contributed by atoms with Crippen LogP contribution in [0.3, 0.4) is 0 Å². The number of aromatic amines is 1. The molecule has 4 aliphatic heterocycles. The number of nitrogens with one attached hydrogen (secondary N) is 3. The standard InChI is InChI=1S/C33H44N4O7/c1-7-20-16(3)26(36-32(20)42)13-24-17(4)22(9-11-30(38)39)27(34-24)15-28-23(10-12-31(40)41)18(5)25(35-28)14-29-21(8-2)19(6)33(37-29)43-44-33/h14-15,19,21,25,30,34-35,37-39H,7-13H2,1-6H3,(H,40,41)/b28-15-,29-14-/t19-,21-,25?/m1/s1. The normalized spacial score (nSPS) is 26.1. The number of aliphatic imine (C=N–C) groups is 1. The van der Waals surface area contributed by atoms with Gasteiger partial charge in [-0.2, -0.15) is 9.78 Å². The minimum absolute atomic E-state index is 0.00949. The van der Waals surface area contributed by atoms with Gasteiger partial charge in [0.1, 0.15) is 0 Å². The lowest BCUT2D eigenvalue weighted by Gasteiger charge is -2.15. The number of carboxylic acids is 1. The number of aliphatic hydroxyl groups excluding tert-OH is 1. The molecule has 2 fully saturated rings. The number of allylic oxidation sites excluding steroid dienone is 3. The first-order valence-electron chi connectivity index (χ1n) is 15.5. The van der Waals surface area contributed by atoms with E-state index < -0.39 is 18.2 Å². The molecule has 11 heteroatoms. The Morgan fingerprint density at radius 3 is 2.45 bits per heavy atom. The number of aliphatic carboxylic acids is 1. The molecular formula is C33H44N4O7. The molecule has 0 bridgehead atoms. The van der Waals surface area contributed by atoms with Crippen molar-refractivity contribution in [2.75, 3.05) is 0 Å². The van der Waals surface area contributed by atoms with Crippen LogP contribution in [0.1, 0.15) is 89.2 Å². The molecule has 11 nitrogen and oxygen atoms in total. The average Bonchev–Trinajstić information content (AvgIpc) is 3.41. The molecule has 0 saturated carbocycles. The van der Waals surface area contributed by atoms with Crippen LogP contribution in [-0.4, -0.2) is 56.1 Å². The first-order valence-corrected chi connectivity index (χ1v) is 15.5. The van der Waals surface area contributed by atoms with E-state index >= 15 is 0 Å². The maximum absolute atomic E-state index is 12.4. The summed E-state index contributed by atoms with van der Waals surface area (Å²) in [5.41, 5.74) is 9.80. The minimum Gasteiger partial charge on any atom is -0.481 e. The summed E-state index contributed by atoms with van der Waals surface area (Å²) in [6, 6.07) is -0.167. The second-order valence-electron chi connectivity index (χ2n) is 12.3. The zero-order valence-corrected chi connectivity index (χ0v) is 26.3. The number of carbonyl (C=O) groups is 2. The van der Waals surface area contributed by atoms with Crippen LogP contribution < -0.4 is 10.6 Å². The highest BCUT2D eigenvalue weighted by molar-refractivity contribution is 6.19. The van der Waals surface area contributed by atoms with Crippen molar-refractivity contribution >= 4 is 23.7 Å². The SMILES string of the molecule is CCC1=C(C)C(Cc2[nH]c(/C=C3\NC(/C=C4\NC5(OO5)[C@H](C)[C@H]4CC)C(C)=C3CCC(=O)O)c(CCC(O)O)c2C)=NC1=O. The third-order valence-corrected chi connectivity index (χ3v) is 9.67.